The molecule has 2 rings (SSSR count). The number of fused-ring (bicyclic) bond motifs is 1. The average Bonchev–Trinajstić information content (AvgIpc) is 2.68. The van der Waals surface area contributed by atoms with Gasteiger partial charge in [0.2, 0.25) is 0 Å². The topological polar surface area (TPSA) is 96.3 Å². The van der Waals surface area contributed by atoms with E-state index in [4.69, 9.17) is 15.1 Å². The Balaban J connectivity index is 0.00000139. The van der Waals surface area contributed by atoms with Crippen molar-refractivity contribution in [2.24, 2.45) is 11.7 Å². The normalized spacial score (nSPS) is 30.1. The van der Waals surface area contributed by atoms with Gasteiger partial charge >= 0.3 is 17.4 Å². The third kappa shape index (κ3) is 7.22. The van der Waals surface area contributed by atoms with E-state index in [0.717, 1.165) is 25.3 Å². The summed E-state index contributed by atoms with van der Waals surface area (Å²) in [4.78, 5) is 11.7. The molecule has 6 nitrogen and oxygen atoms in total. The van der Waals surface area contributed by atoms with E-state index >= 15 is 0 Å². The van der Waals surface area contributed by atoms with Crippen molar-refractivity contribution in [3.63, 3.8) is 0 Å². The Morgan fingerprint density at radius 1 is 1.33 bits per heavy atom. The molecule has 0 aromatic rings. The van der Waals surface area contributed by atoms with Crippen molar-refractivity contribution in [1.29, 1.82) is 0 Å². The molecule has 2 aliphatic rings. The standard InChI is InChI=1S/C17H33N3O2.CO/c1-16(2,3)22-15(21)19-11-10-17(18)9-8-13-6-4-5-7-14(13)20-12-17;1-2/h13-14,20H,4-12,18H2,1-3H3,(H,19,21);/t13-,14+,17?;/m0./s1. The number of rotatable bonds is 3. The molecule has 1 saturated heterocycles. The zero-order valence-electron chi connectivity index (χ0n) is 15.3. The first kappa shape index (κ1) is 21.0. The van der Waals surface area contributed by atoms with E-state index in [1.54, 1.807) is 0 Å². The van der Waals surface area contributed by atoms with Gasteiger partial charge in [-0.2, -0.15) is 0 Å². The third-order valence-corrected chi connectivity index (χ3v) is 4.93. The van der Waals surface area contributed by atoms with Crippen LogP contribution in [0.5, 0.6) is 0 Å². The maximum absolute atomic E-state index is 11.7. The average molecular weight is 339 g/mol. The first-order valence-electron chi connectivity index (χ1n) is 8.97. The molecule has 1 aliphatic carbocycles. The van der Waals surface area contributed by atoms with Crippen LogP contribution in [0.1, 0.15) is 65.7 Å². The van der Waals surface area contributed by atoms with Crippen molar-refractivity contribution < 1.29 is 14.2 Å². The molecule has 1 heterocycles. The zero-order chi connectivity index (χ0) is 18.2. The van der Waals surface area contributed by atoms with Crippen LogP contribution in [0.15, 0.2) is 0 Å². The molecule has 6 heteroatoms. The zero-order valence-corrected chi connectivity index (χ0v) is 15.3. The molecule has 0 radical (unpaired) electrons. The van der Waals surface area contributed by atoms with Crippen molar-refractivity contribution in [3.05, 3.63) is 6.65 Å². The second-order valence-corrected chi connectivity index (χ2v) is 8.11. The van der Waals surface area contributed by atoms with Gasteiger partial charge in [0.15, 0.2) is 0 Å². The summed E-state index contributed by atoms with van der Waals surface area (Å²) in [6.07, 6.45) is 8.01. The summed E-state index contributed by atoms with van der Waals surface area (Å²) in [7, 11) is 0. The van der Waals surface area contributed by atoms with E-state index in [-0.39, 0.29) is 11.6 Å². The van der Waals surface area contributed by atoms with Gasteiger partial charge in [0.1, 0.15) is 5.60 Å². The minimum atomic E-state index is -0.454. The summed E-state index contributed by atoms with van der Waals surface area (Å²) in [5.41, 5.74) is 5.90. The number of nitrogens with two attached hydrogens (primary N) is 1. The van der Waals surface area contributed by atoms with Gasteiger partial charge in [-0.3, -0.25) is 0 Å². The number of alkyl carbamates (subject to hydrolysis) is 1. The fourth-order valence-electron chi connectivity index (χ4n) is 3.66. The second kappa shape index (κ2) is 9.42. The quantitative estimate of drug-likeness (QED) is 0.544. The van der Waals surface area contributed by atoms with Crippen LogP contribution in [-0.2, 0) is 9.39 Å². The van der Waals surface area contributed by atoms with E-state index in [9.17, 15) is 4.79 Å². The SMILES string of the molecule is CC(C)(C)OC(=O)NCCC1(N)CC[C@@H]2CCCC[C@H]2NC1.[C-]#[O+]. The van der Waals surface area contributed by atoms with Gasteiger partial charge in [-0.25, -0.2) is 4.79 Å². The van der Waals surface area contributed by atoms with Crippen molar-refractivity contribution in [1.82, 2.24) is 10.6 Å². The predicted octanol–water partition coefficient (Wildman–Crippen LogP) is 2.50. The monoisotopic (exact) mass is 339 g/mol. The fourth-order valence-corrected chi connectivity index (χ4v) is 3.66. The summed E-state index contributed by atoms with van der Waals surface area (Å²) >= 11 is 0. The molecular weight excluding hydrogens is 306 g/mol. The van der Waals surface area contributed by atoms with Crippen LogP contribution < -0.4 is 16.4 Å². The Morgan fingerprint density at radius 3 is 2.67 bits per heavy atom. The number of nitrogens with one attached hydrogen (secondary N) is 2. The molecule has 1 unspecified atom stereocenters. The Bertz CT molecular complexity index is 401. The van der Waals surface area contributed by atoms with Crippen molar-refractivity contribution in [3.8, 4) is 0 Å². The number of carbonyl (C=O) groups is 1. The minimum absolute atomic E-state index is 0.216. The molecule has 4 N–H and O–H groups in total. The van der Waals surface area contributed by atoms with Gasteiger partial charge < -0.3 is 21.1 Å². The Kier molecular flexibility index (Phi) is 8.23. The van der Waals surface area contributed by atoms with Gasteiger partial charge in [-0.1, -0.05) is 12.8 Å². The predicted molar refractivity (Wildman–Crippen MR) is 92.7 cm³/mol. The van der Waals surface area contributed by atoms with E-state index in [2.05, 4.69) is 17.3 Å². The summed E-state index contributed by atoms with van der Waals surface area (Å²) in [6, 6.07) is 0.651. The third-order valence-electron chi connectivity index (χ3n) is 4.93. The molecule has 0 aromatic carbocycles. The fraction of sp³-hybridized carbons (Fsp3) is 0.889. The molecule has 3 atom stereocenters. The first-order chi connectivity index (χ1) is 11.3. The van der Waals surface area contributed by atoms with E-state index < -0.39 is 5.60 Å². The number of hydrogen-bond donors (Lipinski definition) is 3. The van der Waals surface area contributed by atoms with Crippen LogP contribution in [0.3, 0.4) is 0 Å². The van der Waals surface area contributed by atoms with Gasteiger partial charge in [0.05, 0.1) is 0 Å². The van der Waals surface area contributed by atoms with Crippen LogP contribution in [-0.4, -0.2) is 36.4 Å². The Hall–Kier alpha value is -1.07. The molecule has 0 spiro atoms. The van der Waals surface area contributed by atoms with E-state index in [1.807, 2.05) is 20.8 Å². The summed E-state index contributed by atoms with van der Waals surface area (Å²) < 4.78 is 12.8. The Morgan fingerprint density at radius 2 is 2.00 bits per heavy atom. The van der Waals surface area contributed by atoms with Crippen molar-refractivity contribution in [2.45, 2.75) is 82.9 Å². The van der Waals surface area contributed by atoms with Crippen molar-refractivity contribution in [2.75, 3.05) is 13.1 Å². The summed E-state index contributed by atoms with van der Waals surface area (Å²) in [5, 5.41) is 6.51. The molecule has 0 aromatic heterocycles. The molecule has 1 amide bonds. The summed E-state index contributed by atoms with van der Waals surface area (Å²) in [6.45, 7) is 11.5. The van der Waals surface area contributed by atoms with Crippen LogP contribution in [0.4, 0.5) is 4.79 Å². The van der Waals surface area contributed by atoms with Gasteiger partial charge in [0.25, 0.3) is 0 Å². The van der Waals surface area contributed by atoms with Crippen molar-refractivity contribution >= 4 is 6.09 Å². The molecular formula is C18H33N3O3. The van der Waals surface area contributed by atoms with Crippen LogP contribution in [0.25, 0.3) is 0 Å². The van der Waals surface area contributed by atoms with E-state index in [1.165, 1.54) is 32.1 Å². The number of ether oxygens (including phenoxy) is 1. The molecule has 1 aliphatic heterocycles. The molecule has 138 valence electrons. The van der Waals surface area contributed by atoms with Crippen LogP contribution >= 0.6 is 0 Å². The second-order valence-electron chi connectivity index (χ2n) is 8.11. The Labute approximate surface area is 146 Å². The number of hydrogen-bond acceptors (Lipinski definition) is 4. The maximum atomic E-state index is 11.7. The van der Waals surface area contributed by atoms with Gasteiger partial charge in [0, 0.05) is 24.7 Å². The van der Waals surface area contributed by atoms with Gasteiger partial charge in [-0.05, 0) is 58.8 Å². The van der Waals surface area contributed by atoms with Gasteiger partial charge in [-0.15, -0.1) is 0 Å². The molecule has 2 fully saturated rings. The molecule has 24 heavy (non-hydrogen) atoms. The van der Waals surface area contributed by atoms with Crippen LogP contribution in [0.2, 0.25) is 0 Å². The molecule has 0 bridgehead atoms. The van der Waals surface area contributed by atoms with Crippen LogP contribution in [0, 0.1) is 12.6 Å². The number of amides is 1. The molecule has 1 saturated carbocycles. The first-order valence-corrected chi connectivity index (χ1v) is 8.97. The number of carbonyl (C=O) groups excluding carboxylic acids is 1. The van der Waals surface area contributed by atoms with E-state index in [0.29, 0.717) is 12.6 Å². The summed E-state index contributed by atoms with van der Waals surface area (Å²) in [5.74, 6) is 0.790.